The molecule has 0 N–H and O–H groups in total. The summed E-state index contributed by atoms with van der Waals surface area (Å²) in [5, 5.41) is 9.79. The first kappa shape index (κ1) is 33.6. The van der Waals surface area contributed by atoms with E-state index in [-0.39, 0.29) is 0 Å². The van der Waals surface area contributed by atoms with Crippen LogP contribution in [0.1, 0.15) is 16.7 Å². The minimum atomic E-state index is 0.417. The highest BCUT2D eigenvalue weighted by Gasteiger charge is 2.20. The summed E-state index contributed by atoms with van der Waals surface area (Å²) in [6.07, 6.45) is 0.594. The number of amidine groups is 2. The minimum Gasteiger partial charge on any atom is -0.362 e. The van der Waals surface area contributed by atoms with Crippen molar-refractivity contribution in [2.75, 3.05) is 14.1 Å². The summed E-state index contributed by atoms with van der Waals surface area (Å²) >= 11 is 0. The largest absolute Gasteiger partial charge is 0.362 e. The molecule has 56 heavy (non-hydrogen) atoms. The molecule has 0 bridgehead atoms. The third-order valence-electron chi connectivity index (χ3n) is 11.1. The van der Waals surface area contributed by atoms with Crippen molar-refractivity contribution < 1.29 is 0 Å². The Morgan fingerprint density at radius 2 is 1.04 bits per heavy atom. The number of fused-ring (bicyclic) bond motifs is 9. The fourth-order valence-corrected chi connectivity index (χ4v) is 8.44. The molecule has 0 aliphatic rings. The third-order valence-corrected chi connectivity index (χ3v) is 11.1. The van der Waals surface area contributed by atoms with Gasteiger partial charge >= 0.3 is 0 Å². The number of rotatable bonds is 7. The maximum Gasteiger partial charge on any atom is 0.137 e. The van der Waals surface area contributed by atoms with Crippen molar-refractivity contribution in [1.29, 1.82) is 0 Å². The lowest BCUT2D eigenvalue weighted by molar-refractivity contribution is 0.624. The number of hydrogen-bond acceptors (Lipinski definition) is 1. The van der Waals surface area contributed by atoms with Crippen LogP contribution in [0, 0.1) is 0 Å². The van der Waals surface area contributed by atoms with Gasteiger partial charge in [0, 0.05) is 59.7 Å². The van der Waals surface area contributed by atoms with Crippen molar-refractivity contribution in [3.63, 3.8) is 0 Å². The van der Waals surface area contributed by atoms with Gasteiger partial charge in [-0.25, -0.2) is 9.98 Å². The smallest absolute Gasteiger partial charge is 0.137 e. The van der Waals surface area contributed by atoms with E-state index in [0.29, 0.717) is 13.1 Å². The Morgan fingerprint density at radius 3 is 1.71 bits per heavy atom. The minimum absolute atomic E-state index is 0.417. The third kappa shape index (κ3) is 5.98. The Morgan fingerprint density at radius 1 is 0.482 bits per heavy atom. The fraction of sp³-hybridized carbons (Fsp3) is 0.0980. The van der Waals surface area contributed by atoms with Crippen LogP contribution in [0.25, 0.3) is 65.2 Å². The molecule has 8 aromatic carbocycles. The predicted octanol–water partition coefficient (Wildman–Crippen LogP) is 11.9. The van der Waals surface area contributed by atoms with Gasteiger partial charge in [-0.15, -0.1) is 0 Å². The molecule has 0 saturated heterocycles. The number of benzene rings is 8. The normalized spacial score (nSPS) is 12.5. The van der Waals surface area contributed by atoms with Gasteiger partial charge in [-0.2, -0.15) is 0 Å². The van der Waals surface area contributed by atoms with Crippen molar-refractivity contribution in [1.82, 2.24) is 14.0 Å². The van der Waals surface area contributed by atoms with Crippen molar-refractivity contribution in [2.24, 2.45) is 9.98 Å². The maximum atomic E-state index is 5.48. The molecule has 0 fully saturated rings. The number of aromatic nitrogens is 2. The highest BCUT2D eigenvalue weighted by molar-refractivity contribution is 6.22. The van der Waals surface area contributed by atoms with Crippen LogP contribution in [0.2, 0.25) is 0 Å². The predicted molar refractivity (Wildman–Crippen MR) is 237 cm³/mol. The molecule has 0 radical (unpaired) electrons. The number of hydrogen-bond donors (Lipinski definition) is 0. The quantitative estimate of drug-likeness (QED) is 0.119. The molecule has 2 aromatic heterocycles. The SMILES string of the molecule is CN(C)C(=N/C(Cc1ccc2ccccc2c1)=N\Cn1c2ccccc2c2ccc3c4ccccc4n(Cc4ccccc4)c3c21)c1ccc2ccccc2c1. The van der Waals surface area contributed by atoms with E-state index < -0.39 is 0 Å². The van der Waals surface area contributed by atoms with Crippen LogP contribution < -0.4 is 0 Å². The van der Waals surface area contributed by atoms with Gasteiger partial charge in [0.1, 0.15) is 18.3 Å². The average Bonchev–Trinajstić information content (AvgIpc) is 3.73. The van der Waals surface area contributed by atoms with E-state index in [9.17, 15) is 0 Å². The summed E-state index contributed by atoms with van der Waals surface area (Å²) < 4.78 is 4.91. The number of aliphatic imine (C=N–C) groups is 2. The lowest BCUT2D eigenvalue weighted by Gasteiger charge is -2.18. The van der Waals surface area contributed by atoms with Crippen LogP contribution in [-0.2, 0) is 19.6 Å². The van der Waals surface area contributed by atoms with Crippen molar-refractivity contribution in [3.05, 3.63) is 193 Å². The second-order valence-corrected chi connectivity index (χ2v) is 14.9. The van der Waals surface area contributed by atoms with Gasteiger partial charge in [0.2, 0.25) is 0 Å². The van der Waals surface area contributed by atoms with Crippen LogP contribution >= 0.6 is 0 Å². The highest BCUT2D eigenvalue weighted by Crippen LogP contribution is 2.39. The van der Waals surface area contributed by atoms with E-state index in [1.165, 1.54) is 70.8 Å². The van der Waals surface area contributed by atoms with E-state index in [1.807, 2.05) is 0 Å². The second-order valence-electron chi connectivity index (χ2n) is 14.9. The van der Waals surface area contributed by atoms with Gasteiger partial charge in [0.25, 0.3) is 0 Å². The lowest BCUT2D eigenvalue weighted by atomic mass is 10.0. The van der Waals surface area contributed by atoms with Gasteiger partial charge in [0.15, 0.2) is 0 Å². The monoisotopic (exact) mass is 723 g/mol. The zero-order chi connectivity index (χ0) is 37.6. The number of nitrogens with zero attached hydrogens (tertiary/aromatic N) is 5. The molecule has 0 atom stereocenters. The zero-order valence-electron chi connectivity index (χ0n) is 31.6. The van der Waals surface area contributed by atoms with E-state index >= 15 is 0 Å². The molecule has 0 saturated carbocycles. The van der Waals surface area contributed by atoms with E-state index in [2.05, 4.69) is 204 Å². The van der Waals surface area contributed by atoms with Crippen LogP contribution in [0.3, 0.4) is 0 Å². The van der Waals surface area contributed by atoms with Crippen LogP contribution in [0.15, 0.2) is 186 Å². The Bertz CT molecular complexity index is 3140. The lowest BCUT2D eigenvalue weighted by Crippen LogP contribution is -2.25. The fourth-order valence-electron chi connectivity index (χ4n) is 8.44. The number of para-hydroxylation sites is 2. The Kier molecular flexibility index (Phi) is 8.41. The summed E-state index contributed by atoms with van der Waals surface area (Å²) in [4.78, 5) is 13.0. The molecule has 5 heteroatoms. The topological polar surface area (TPSA) is 37.8 Å². The first-order chi connectivity index (χ1) is 27.6. The molecule has 5 nitrogen and oxygen atoms in total. The zero-order valence-corrected chi connectivity index (χ0v) is 31.6. The molecule has 0 unspecified atom stereocenters. The summed E-state index contributed by atoms with van der Waals surface area (Å²) in [5.74, 6) is 1.66. The standard InChI is InChI=1S/C51H41N5/c1-54(2)51(41-27-26-38-17-7-9-19-40(38)32-41)53-48(31-36-24-25-37-16-6-8-18-39(37)30-36)52-34-56-47-23-13-11-21-43(47)45-29-28-44-42-20-10-12-22-46(42)55(49(44)50(45)56)33-35-14-4-3-5-15-35/h3-30,32H,31,33-34H2,1-2H3/b52-48-,53-51?. The molecule has 0 spiro atoms. The van der Waals surface area contributed by atoms with Gasteiger partial charge in [-0.05, 0) is 50.9 Å². The van der Waals surface area contributed by atoms with Gasteiger partial charge in [-0.1, -0.05) is 158 Å². The second kappa shape index (κ2) is 14.0. The molecular weight excluding hydrogens is 683 g/mol. The summed E-state index contributed by atoms with van der Waals surface area (Å²) in [5.41, 5.74) is 8.31. The maximum absolute atomic E-state index is 5.48. The van der Waals surface area contributed by atoms with Crippen molar-refractivity contribution >= 4 is 76.8 Å². The Hall–Kier alpha value is -6.98. The van der Waals surface area contributed by atoms with Crippen LogP contribution in [-0.4, -0.2) is 39.8 Å². The molecule has 10 rings (SSSR count). The molecular formula is C51H41N5. The molecule has 0 amide bonds. The summed E-state index contributed by atoms with van der Waals surface area (Å²) in [6.45, 7) is 1.19. The van der Waals surface area contributed by atoms with Crippen LogP contribution in [0.4, 0.5) is 0 Å². The summed E-state index contributed by atoms with van der Waals surface area (Å²) in [6, 6.07) is 63.2. The molecule has 270 valence electrons. The van der Waals surface area contributed by atoms with Crippen LogP contribution in [0.5, 0.6) is 0 Å². The van der Waals surface area contributed by atoms with E-state index in [0.717, 1.165) is 29.3 Å². The van der Waals surface area contributed by atoms with Crippen molar-refractivity contribution in [2.45, 2.75) is 19.6 Å². The van der Waals surface area contributed by atoms with Gasteiger partial charge in [-0.3, -0.25) is 0 Å². The molecule has 0 aliphatic heterocycles. The van der Waals surface area contributed by atoms with Gasteiger partial charge in [0.05, 0.1) is 16.6 Å². The molecule has 2 heterocycles. The molecule has 10 aromatic rings. The van der Waals surface area contributed by atoms with E-state index in [4.69, 9.17) is 9.98 Å². The highest BCUT2D eigenvalue weighted by atomic mass is 15.2. The van der Waals surface area contributed by atoms with E-state index in [1.54, 1.807) is 0 Å². The Labute approximate surface area is 326 Å². The summed E-state index contributed by atoms with van der Waals surface area (Å²) in [7, 11) is 4.13. The first-order valence-electron chi connectivity index (χ1n) is 19.3. The Balaban J connectivity index is 1.18. The van der Waals surface area contributed by atoms with Crippen molar-refractivity contribution in [3.8, 4) is 0 Å². The first-order valence-corrected chi connectivity index (χ1v) is 19.3. The molecule has 0 aliphatic carbocycles. The average molecular weight is 724 g/mol. The van der Waals surface area contributed by atoms with Gasteiger partial charge < -0.3 is 14.0 Å².